The van der Waals surface area contributed by atoms with Gasteiger partial charge in [0.15, 0.2) is 12.4 Å². The molecule has 220 valence electrons. The van der Waals surface area contributed by atoms with Crippen LogP contribution in [0.3, 0.4) is 0 Å². The van der Waals surface area contributed by atoms with Gasteiger partial charge in [-0.3, -0.25) is 9.13 Å². The molecule has 8 nitrogen and oxygen atoms in total. The molecule has 0 aliphatic carbocycles. The van der Waals surface area contributed by atoms with Crippen molar-refractivity contribution in [3.8, 4) is 0 Å². The molecule has 4 aromatic rings. The van der Waals surface area contributed by atoms with Crippen LogP contribution in [0.25, 0.3) is 21.8 Å². The Morgan fingerprint density at radius 3 is 1.36 bits per heavy atom. The molecule has 4 N–H and O–H groups in total. The Bertz CT molecular complexity index is 1340. The number of pyridine rings is 2. The number of fused-ring (bicyclic) bond motifs is 2. The van der Waals surface area contributed by atoms with Gasteiger partial charge in [-0.1, -0.05) is 24.3 Å². The second-order valence-corrected chi connectivity index (χ2v) is 25.7. The predicted octanol–water partition coefficient (Wildman–Crippen LogP) is 7.51. The first kappa shape index (κ1) is 34.6. The van der Waals surface area contributed by atoms with E-state index in [0.717, 1.165) is 32.9 Å². The Labute approximate surface area is 246 Å². The molecular formula is C24H30Cl4N2O6P2Pd. The van der Waals surface area contributed by atoms with Crippen molar-refractivity contribution in [2.45, 2.75) is 26.2 Å². The molecule has 0 aliphatic heterocycles. The van der Waals surface area contributed by atoms with Crippen LogP contribution in [0.1, 0.15) is 25.0 Å². The molecule has 2 heterocycles. The average molecular weight is 753 g/mol. The Balaban J connectivity index is 0.000000234. The van der Waals surface area contributed by atoms with Crippen LogP contribution in [0.15, 0.2) is 73.1 Å². The van der Waals surface area contributed by atoms with Crippen molar-refractivity contribution in [1.29, 1.82) is 0 Å². The molecule has 0 spiro atoms. The van der Waals surface area contributed by atoms with Gasteiger partial charge in [-0.2, -0.15) is 0 Å². The molecule has 15 heteroatoms. The van der Waals surface area contributed by atoms with Crippen LogP contribution in [-0.4, -0.2) is 23.0 Å². The molecule has 39 heavy (non-hydrogen) atoms. The van der Waals surface area contributed by atoms with Crippen molar-refractivity contribution >= 4 is 75.1 Å². The van der Waals surface area contributed by atoms with Gasteiger partial charge in [0.25, 0.3) is 0 Å². The molecule has 0 saturated heterocycles. The third kappa shape index (κ3) is 13.3. The Morgan fingerprint density at radius 1 is 0.692 bits per heavy atom. The van der Waals surface area contributed by atoms with Crippen molar-refractivity contribution < 1.29 is 49.4 Å². The van der Waals surface area contributed by atoms with Gasteiger partial charge in [-0.15, -0.1) is 0 Å². The van der Waals surface area contributed by atoms with Crippen LogP contribution in [0.2, 0.25) is 0 Å². The minimum atomic E-state index is -3.54. The van der Waals surface area contributed by atoms with Crippen LogP contribution in [0, 0.1) is 0 Å². The molecule has 0 fully saturated rings. The third-order valence-corrected chi connectivity index (χ3v) is 7.77. The second-order valence-electron chi connectivity index (χ2n) is 7.80. The van der Waals surface area contributed by atoms with Crippen molar-refractivity contribution in [2.24, 2.45) is 0 Å². The molecule has 0 bridgehead atoms. The number of aromatic nitrogens is 2. The number of nitrogens with one attached hydrogen (secondary N) is 2. The number of para-hydroxylation sites is 2. The van der Waals surface area contributed by atoms with Crippen LogP contribution in [0.4, 0.5) is 0 Å². The molecule has 2 atom stereocenters. The van der Waals surface area contributed by atoms with Crippen LogP contribution in [0.5, 0.6) is 0 Å². The summed E-state index contributed by atoms with van der Waals surface area (Å²) >= 11 is -2.81. The van der Waals surface area contributed by atoms with E-state index < -0.39 is 26.6 Å². The van der Waals surface area contributed by atoms with Crippen LogP contribution < -0.4 is 9.97 Å². The fraction of sp³-hybridized carbons (Fsp3) is 0.250. The van der Waals surface area contributed by atoms with Crippen LogP contribution in [-0.2, 0) is 42.0 Å². The maximum atomic E-state index is 11.7. The standard InChI is InChI=1S/2C12H14NO3P.4ClH.Pd/c2*1-2-16-17(14,15)9-11-6-3-5-10-7-4-8-13-12(10)11;;;;;/h2*3-8H,2,9H2,1H3,(H,14,15);4*1H;/q;;;;;;+2/p-2. The van der Waals surface area contributed by atoms with E-state index in [0.29, 0.717) is 0 Å². The van der Waals surface area contributed by atoms with Crippen molar-refractivity contribution in [1.82, 2.24) is 0 Å². The Morgan fingerprint density at radius 2 is 1.03 bits per heavy atom. The van der Waals surface area contributed by atoms with E-state index in [1.165, 1.54) is 0 Å². The summed E-state index contributed by atoms with van der Waals surface area (Å²) in [7, 11) is 12.8. The summed E-state index contributed by atoms with van der Waals surface area (Å²) in [4.78, 5) is 25.5. The number of benzene rings is 2. The van der Waals surface area contributed by atoms with Gasteiger partial charge < -0.3 is 18.8 Å². The molecule has 4 rings (SSSR count). The van der Waals surface area contributed by atoms with E-state index in [-0.39, 0.29) is 25.5 Å². The van der Waals surface area contributed by atoms with E-state index in [1.54, 1.807) is 26.2 Å². The fourth-order valence-corrected chi connectivity index (χ4v) is 6.00. The summed E-state index contributed by atoms with van der Waals surface area (Å²) in [6.45, 7) is 3.89. The van der Waals surface area contributed by atoms with E-state index in [1.807, 2.05) is 60.7 Å². The number of rotatable bonds is 8. The minimum absolute atomic E-state index is 0.0265. The van der Waals surface area contributed by atoms with Crippen molar-refractivity contribution in [3.63, 3.8) is 0 Å². The monoisotopic (exact) mass is 750 g/mol. The summed E-state index contributed by atoms with van der Waals surface area (Å²) in [5, 5.41) is 2.03. The Hall–Kier alpha value is -0.618. The van der Waals surface area contributed by atoms with E-state index in [4.69, 9.17) is 47.2 Å². The predicted molar refractivity (Wildman–Crippen MR) is 155 cm³/mol. The molecule has 0 radical (unpaired) electrons. The number of hydrogen-bond acceptors (Lipinski definition) is 4. The summed E-state index contributed by atoms with van der Waals surface area (Å²) in [5.74, 6) is 0. The summed E-state index contributed by atoms with van der Waals surface area (Å²) in [6, 6.07) is 19.0. The van der Waals surface area contributed by atoms with Gasteiger partial charge in [0.1, 0.15) is 0 Å². The zero-order valence-electron chi connectivity index (χ0n) is 21.0. The van der Waals surface area contributed by atoms with Gasteiger partial charge in [0, 0.05) is 34.0 Å². The topological polar surface area (TPSA) is 121 Å². The molecule has 0 saturated carbocycles. The maximum absolute atomic E-state index is 11.7. The van der Waals surface area contributed by atoms with E-state index in [9.17, 15) is 18.9 Å². The summed E-state index contributed by atoms with van der Waals surface area (Å²) in [5.41, 5.74) is 3.35. The first-order chi connectivity index (χ1) is 18.2. The van der Waals surface area contributed by atoms with Gasteiger partial charge in [0.05, 0.1) is 25.5 Å². The summed E-state index contributed by atoms with van der Waals surface area (Å²) in [6.07, 6.45) is 3.65. The summed E-state index contributed by atoms with van der Waals surface area (Å²) < 4.78 is 33.3. The molecule has 2 unspecified atom stereocenters. The SMILES string of the molecule is CCOP(=O)(O)Cc1cccc2ccc[nH+]c12.CCOP(=O)(O)Cc1cccc2ccc[nH+]c12.[Cl][Pd-2]([Cl])([Cl])[Cl]. The number of hydrogen-bond donors (Lipinski definition) is 2. The number of H-pyrrole nitrogens is 2. The first-order valence-corrected chi connectivity index (χ1v) is 22.9. The van der Waals surface area contributed by atoms with Gasteiger partial charge in [0.2, 0.25) is 11.0 Å². The average Bonchev–Trinajstić information content (AvgIpc) is 2.83. The zero-order chi connectivity index (χ0) is 29.1. The van der Waals surface area contributed by atoms with Crippen LogP contribution >= 0.6 is 53.3 Å². The molecule has 2 aromatic carbocycles. The van der Waals surface area contributed by atoms with Gasteiger partial charge in [-0.25, -0.2) is 9.97 Å². The molecule has 2 aromatic heterocycles. The second kappa shape index (κ2) is 16.1. The first-order valence-electron chi connectivity index (χ1n) is 11.4. The van der Waals surface area contributed by atoms with E-state index >= 15 is 0 Å². The van der Waals surface area contributed by atoms with Crippen molar-refractivity contribution in [3.05, 3.63) is 84.2 Å². The number of halogens is 4. The molecule has 0 amide bonds. The van der Waals surface area contributed by atoms with Gasteiger partial charge in [-0.05, 0) is 38.1 Å². The normalized spacial score (nSPS) is 14.8. The Kier molecular flexibility index (Phi) is 14.3. The fourth-order valence-electron chi connectivity index (χ4n) is 3.63. The zero-order valence-corrected chi connectivity index (χ0v) is 27.4. The number of aromatic amines is 2. The molecular weight excluding hydrogens is 722 g/mol. The van der Waals surface area contributed by atoms with Gasteiger partial charge >= 0.3 is 64.8 Å². The quantitative estimate of drug-likeness (QED) is 0.142. The third-order valence-electron chi connectivity index (χ3n) is 4.97. The molecule has 0 aliphatic rings. The van der Waals surface area contributed by atoms with E-state index in [2.05, 4.69) is 9.97 Å². The van der Waals surface area contributed by atoms with Crippen molar-refractivity contribution in [2.75, 3.05) is 13.2 Å².